The highest BCUT2D eigenvalue weighted by molar-refractivity contribution is 7.99. The topological polar surface area (TPSA) is 55.9 Å². The monoisotopic (exact) mass is 428 g/mol. The van der Waals surface area contributed by atoms with Crippen LogP contribution in [0.3, 0.4) is 0 Å². The van der Waals surface area contributed by atoms with Gasteiger partial charge in [0.25, 0.3) is 0 Å². The number of benzene rings is 3. The zero-order valence-electron chi connectivity index (χ0n) is 17.6. The van der Waals surface area contributed by atoms with Gasteiger partial charge in [0.05, 0.1) is 18.3 Å². The van der Waals surface area contributed by atoms with E-state index in [4.69, 9.17) is 0 Å². The molecule has 5 aromatic rings. The van der Waals surface area contributed by atoms with Gasteiger partial charge >= 0.3 is 0 Å². The van der Waals surface area contributed by atoms with Gasteiger partial charge in [0, 0.05) is 27.6 Å². The number of hydrogen-bond donors (Lipinski definition) is 1. The summed E-state index contributed by atoms with van der Waals surface area (Å²) in [5, 5.41) is 22.8. The Labute approximate surface area is 185 Å². The Morgan fingerprint density at radius 1 is 0.839 bits per heavy atom. The van der Waals surface area contributed by atoms with Crippen molar-refractivity contribution in [3.63, 3.8) is 0 Å². The lowest BCUT2D eigenvalue weighted by Gasteiger charge is -2.15. The quantitative estimate of drug-likeness (QED) is 0.380. The van der Waals surface area contributed by atoms with Crippen LogP contribution in [-0.2, 0) is 6.54 Å². The van der Waals surface area contributed by atoms with Crippen LogP contribution in [-0.4, -0.2) is 36.3 Å². The first kappa shape index (κ1) is 19.8. The highest BCUT2D eigenvalue weighted by Gasteiger charge is 2.17. The first-order valence-corrected chi connectivity index (χ1v) is 11.4. The van der Waals surface area contributed by atoms with Crippen LogP contribution in [0.2, 0.25) is 0 Å². The minimum absolute atomic E-state index is 0.522. The maximum Gasteiger partial charge on any atom is 0.195 e. The second-order valence-electron chi connectivity index (χ2n) is 7.76. The minimum atomic E-state index is -0.522. The van der Waals surface area contributed by atoms with Gasteiger partial charge in [-0.1, -0.05) is 66.4 Å². The first-order chi connectivity index (χ1) is 15.1. The molecule has 156 valence electrons. The van der Waals surface area contributed by atoms with Gasteiger partial charge < -0.3 is 9.67 Å². The number of rotatable bonds is 6. The van der Waals surface area contributed by atoms with Crippen molar-refractivity contribution in [3.05, 3.63) is 84.2 Å². The Hall–Kier alpha value is -3.09. The Morgan fingerprint density at radius 3 is 2.13 bits per heavy atom. The molecule has 5 nitrogen and oxygen atoms in total. The molecule has 0 radical (unpaired) electrons. The number of aromatic nitrogens is 4. The van der Waals surface area contributed by atoms with Crippen molar-refractivity contribution in [2.24, 2.45) is 0 Å². The zero-order chi connectivity index (χ0) is 21.4. The van der Waals surface area contributed by atoms with Crippen LogP contribution >= 0.6 is 11.8 Å². The van der Waals surface area contributed by atoms with Crippen LogP contribution in [0.25, 0.3) is 27.5 Å². The summed E-state index contributed by atoms with van der Waals surface area (Å²) in [6.45, 7) is 4.57. The molecule has 5 rings (SSSR count). The second kappa shape index (κ2) is 8.21. The van der Waals surface area contributed by atoms with E-state index >= 15 is 0 Å². The number of nitrogens with zero attached hydrogens (tertiary/aromatic N) is 4. The van der Waals surface area contributed by atoms with Crippen molar-refractivity contribution in [2.75, 3.05) is 5.75 Å². The molecule has 0 aliphatic heterocycles. The van der Waals surface area contributed by atoms with E-state index in [0.29, 0.717) is 12.3 Å². The molecule has 6 heteroatoms. The van der Waals surface area contributed by atoms with Crippen LogP contribution in [0.4, 0.5) is 0 Å². The van der Waals surface area contributed by atoms with E-state index in [1.807, 2.05) is 31.2 Å². The molecule has 0 fully saturated rings. The molecule has 0 aliphatic carbocycles. The highest BCUT2D eigenvalue weighted by atomic mass is 32.2. The van der Waals surface area contributed by atoms with E-state index in [-0.39, 0.29) is 0 Å². The largest absolute Gasteiger partial charge is 0.390 e. The van der Waals surface area contributed by atoms with E-state index in [9.17, 15) is 5.11 Å². The number of fused-ring (bicyclic) bond motifs is 3. The lowest BCUT2D eigenvalue weighted by molar-refractivity contribution is 0.181. The van der Waals surface area contributed by atoms with Crippen molar-refractivity contribution in [3.8, 4) is 5.69 Å². The molecule has 2 heterocycles. The van der Waals surface area contributed by atoms with Crippen molar-refractivity contribution in [1.82, 2.24) is 19.3 Å². The van der Waals surface area contributed by atoms with E-state index < -0.39 is 6.10 Å². The number of thioether (sulfide) groups is 1. The maximum absolute atomic E-state index is 10.9. The summed E-state index contributed by atoms with van der Waals surface area (Å²) in [7, 11) is 0. The minimum Gasteiger partial charge on any atom is -0.390 e. The van der Waals surface area contributed by atoms with Gasteiger partial charge in [-0.05, 0) is 37.6 Å². The van der Waals surface area contributed by atoms with Gasteiger partial charge in [0.2, 0.25) is 0 Å². The van der Waals surface area contributed by atoms with Crippen molar-refractivity contribution >= 4 is 33.6 Å². The van der Waals surface area contributed by atoms with Crippen LogP contribution in [0, 0.1) is 13.8 Å². The summed E-state index contributed by atoms with van der Waals surface area (Å²) in [4.78, 5) is 0. The van der Waals surface area contributed by atoms with Crippen molar-refractivity contribution in [2.45, 2.75) is 31.7 Å². The Bertz CT molecular complexity index is 1320. The number of aryl methyl sites for hydroxylation is 2. The van der Waals surface area contributed by atoms with Gasteiger partial charge in [0.15, 0.2) is 5.16 Å². The third-order valence-electron chi connectivity index (χ3n) is 5.63. The molecule has 3 aromatic carbocycles. The maximum atomic E-state index is 10.9. The molecule has 0 amide bonds. The van der Waals surface area contributed by atoms with Crippen LogP contribution in [0.5, 0.6) is 0 Å². The molecule has 0 aliphatic rings. The SMILES string of the molecule is Cc1ccccc1-n1c(C)nnc1SC[C@@H](O)Cn1c2ccccc2c2ccccc21. The van der Waals surface area contributed by atoms with E-state index in [0.717, 1.165) is 33.3 Å². The van der Waals surface area contributed by atoms with Gasteiger partial charge in [0.1, 0.15) is 5.82 Å². The van der Waals surface area contributed by atoms with Crippen LogP contribution in [0.15, 0.2) is 78.0 Å². The molecule has 0 unspecified atom stereocenters. The van der Waals surface area contributed by atoms with E-state index in [1.54, 1.807) is 0 Å². The predicted molar refractivity (Wildman–Crippen MR) is 127 cm³/mol. The summed E-state index contributed by atoms with van der Waals surface area (Å²) in [5.74, 6) is 1.37. The Morgan fingerprint density at radius 2 is 1.45 bits per heavy atom. The van der Waals surface area contributed by atoms with E-state index in [2.05, 4.69) is 74.8 Å². The molecule has 0 spiro atoms. The highest BCUT2D eigenvalue weighted by Crippen LogP contribution is 2.30. The molecule has 2 aromatic heterocycles. The van der Waals surface area contributed by atoms with Gasteiger partial charge in [-0.15, -0.1) is 10.2 Å². The first-order valence-electron chi connectivity index (χ1n) is 10.4. The van der Waals surface area contributed by atoms with Crippen LogP contribution in [0.1, 0.15) is 11.4 Å². The summed E-state index contributed by atoms with van der Waals surface area (Å²) in [6.07, 6.45) is -0.522. The molecular weight excluding hydrogens is 404 g/mol. The summed E-state index contributed by atoms with van der Waals surface area (Å²) < 4.78 is 4.28. The molecular formula is C25H24N4OS. The average molecular weight is 429 g/mol. The lowest BCUT2D eigenvalue weighted by Crippen LogP contribution is -2.18. The number of aliphatic hydroxyl groups excluding tert-OH is 1. The lowest BCUT2D eigenvalue weighted by atomic mass is 10.2. The fourth-order valence-corrected chi connectivity index (χ4v) is 5.07. The second-order valence-corrected chi connectivity index (χ2v) is 8.75. The molecule has 0 saturated heterocycles. The van der Waals surface area contributed by atoms with Gasteiger partial charge in [-0.25, -0.2) is 0 Å². The van der Waals surface area contributed by atoms with Gasteiger partial charge in [-0.3, -0.25) is 4.57 Å². The molecule has 1 atom stereocenters. The van der Waals surface area contributed by atoms with E-state index in [1.165, 1.54) is 22.5 Å². The smallest absolute Gasteiger partial charge is 0.195 e. The summed E-state index contributed by atoms with van der Waals surface area (Å²) in [5.41, 5.74) is 4.53. The third-order valence-corrected chi connectivity index (χ3v) is 6.70. The van der Waals surface area contributed by atoms with Gasteiger partial charge in [-0.2, -0.15) is 0 Å². The Balaban J connectivity index is 1.40. The molecule has 0 saturated carbocycles. The normalized spacial score (nSPS) is 12.6. The molecule has 0 bridgehead atoms. The van der Waals surface area contributed by atoms with Crippen molar-refractivity contribution < 1.29 is 5.11 Å². The predicted octanol–water partition coefficient (Wildman–Crippen LogP) is 5.15. The Kier molecular flexibility index (Phi) is 5.26. The summed E-state index contributed by atoms with van der Waals surface area (Å²) >= 11 is 1.54. The fourth-order valence-electron chi connectivity index (χ4n) is 4.16. The van der Waals surface area contributed by atoms with Crippen molar-refractivity contribution in [1.29, 1.82) is 0 Å². The fraction of sp³-hybridized carbons (Fsp3) is 0.200. The number of hydrogen-bond acceptors (Lipinski definition) is 4. The number of aliphatic hydroxyl groups is 1. The third kappa shape index (κ3) is 3.62. The summed E-state index contributed by atoms with van der Waals surface area (Å²) in [6, 6.07) is 24.9. The number of para-hydroxylation sites is 3. The standard InChI is InChI=1S/C25H24N4OS/c1-17-9-3-6-12-22(17)29-18(2)26-27-25(29)31-16-19(30)15-28-23-13-7-4-10-20(23)21-11-5-8-14-24(21)28/h3-14,19,30H,15-16H2,1-2H3/t19-/m0/s1. The zero-order valence-corrected chi connectivity index (χ0v) is 18.4. The molecule has 31 heavy (non-hydrogen) atoms. The average Bonchev–Trinajstić information content (AvgIpc) is 3.31. The molecule has 1 N–H and O–H groups in total. The van der Waals surface area contributed by atoms with Crippen LogP contribution < -0.4 is 0 Å².